The highest BCUT2D eigenvalue weighted by Gasteiger charge is 2.19. The third kappa shape index (κ3) is 7.21. The van der Waals surface area contributed by atoms with Crippen LogP contribution in [-0.4, -0.2) is 45.7 Å². The van der Waals surface area contributed by atoms with Crippen LogP contribution < -0.4 is 5.32 Å². The number of hydrogen-bond acceptors (Lipinski definition) is 4. The van der Waals surface area contributed by atoms with Crippen molar-refractivity contribution in [2.45, 2.75) is 31.6 Å². The number of carbonyl (C=O) groups is 2. The first-order valence-electron chi connectivity index (χ1n) is 4.69. The monoisotopic (exact) mass is 235 g/mol. The molecule has 0 aliphatic carbocycles. The average Bonchev–Trinajstić information content (AvgIpc) is 2.11. The Morgan fingerprint density at radius 1 is 1.47 bits per heavy atom. The number of aliphatic carboxylic acids is 1. The number of nitrogens with one attached hydrogen (secondary N) is 1. The van der Waals surface area contributed by atoms with E-state index in [0.29, 0.717) is 12.2 Å². The maximum absolute atomic E-state index is 10.7. The molecular weight excluding hydrogens is 218 g/mol. The van der Waals surface area contributed by atoms with E-state index in [1.807, 2.05) is 6.92 Å². The molecule has 0 aliphatic rings. The van der Waals surface area contributed by atoms with Gasteiger partial charge < -0.3 is 15.5 Å². The van der Waals surface area contributed by atoms with Crippen LogP contribution in [0.25, 0.3) is 0 Å². The molecule has 3 N–H and O–H groups in total. The van der Waals surface area contributed by atoms with Crippen molar-refractivity contribution in [2.75, 3.05) is 12.4 Å². The largest absolute Gasteiger partial charge is 0.480 e. The van der Waals surface area contributed by atoms with Crippen LogP contribution in [0.2, 0.25) is 0 Å². The van der Waals surface area contributed by atoms with Gasteiger partial charge in [0, 0.05) is 24.5 Å². The van der Waals surface area contributed by atoms with Gasteiger partial charge in [0.05, 0.1) is 0 Å². The zero-order chi connectivity index (χ0) is 11.8. The third-order valence-corrected chi connectivity index (χ3v) is 3.09. The van der Waals surface area contributed by atoms with Gasteiger partial charge in [0.15, 0.2) is 0 Å². The lowest BCUT2D eigenvalue weighted by Crippen LogP contribution is -2.41. The van der Waals surface area contributed by atoms with Crippen LogP contribution >= 0.6 is 11.8 Å². The molecule has 0 aromatic heterocycles. The summed E-state index contributed by atoms with van der Waals surface area (Å²) in [6, 6.07) is -0.853. The Hall–Kier alpha value is -0.750. The second kappa shape index (κ2) is 7.53. The third-order valence-electron chi connectivity index (χ3n) is 1.76. The Morgan fingerprint density at radius 3 is 2.47 bits per heavy atom. The summed E-state index contributed by atoms with van der Waals surface area (Å²) in [4.78, 5) is 21.4. The zero-order valence-corrected chi connectivity index (χ0v) is 9.71. The second-order valence-electron chi connectivity index (χ2n) is 3.25. The van der Waals surface area contributed by atoms with Crippen LogP contribution in [0.3, 0.4) is 0 Å². The fraction of sp³-hybridized carbons (Fsp3) is 0.778. The van der Waals surface area contributed by atoms with Crippen molar-refractivity contribution >= 4 is 23.6 Å². The quantitative estimate of drug-likeness (QED) is 0.582. The number of rotatable bonds is 7. The predicted molar refractivity (Wildman–Crippen MR) is 58.9 cm³/mol. The van der Waals surface area contributed by atoms with Crippen LogP contribution in [0.4, 0.5) is 0 Å². The maximum Gasteiger partial charge on any atom is 0.327 e. The lowest BCUT2D eigenvalue weighted by molar-refractivity contribution is -0.140. The first-order chi connectivity index (χ1) is 6.97. The normalized spacial score (nSPS) is 14.3. The molecule has 15 heavy (non-hydrogen) atoms. The molecule has 0 saturated heterocycles. The van der Waals surface area contributed by atoms with E-state index in [2.05, 4.69) is 5.32 Å². The summed E-state index contributed by atoms with van der Waals surface area (Å²) >= 11 is 1.42. The molecule has 1 unspecified atom stereocenters. The fourth-order valence-electron chi connectivity index (χ4n) is 0.946. The summed E-state index contributed by atoms with van der Waals surface area (Å²) in [5.74, 6) is -1.07. The minimum absolute atomic E-state index is 0.0893. The second-order valence-corrected chi connectivity index (χ2v) is 4.72. The van der Waals surface area contributed by atoms with E-state index < -0.39 is 12.0 Å². The van der Waals surface area contributed by atoms with E-state index in [4.69, 9.17) is 10.2 Å². The molecule has 0 bridgehead atoms. The van der Waals surface area contributed by atoms with Gasteiger partial charge in [-0.15, -0.1) is 0 Å². The molecule has 6 heteroatoms. The summed E-state index contributed by atoms with van der Waals surface area (Å²) in [6.07, 6.45) is 0.622. The van der Waals surface area contributed by atoms with Gasteiger partial charge in [0.1, 0.15) is 6.04 Å². The SMILES string of the molecule is CC(=O)N[C@H](CSC(C)CCO)C(=O)O. The van der Waals surface area contributed by atoms with Crippen molar-refractivity contribution in [3.05, 3.63) is 0 Å². The van der Waals surface area contributed by atoms with Crippen LogP contribution in [0.15, 0.2) is 0 Å². The molecule has 0 saturated carbocycles. The average molecular weight is 235 g/mol. The van der Waals surface area contributed by atoms with Gasteiger partial charge in [-0.25, -0.2) is 4.79 Å². The molecule has 0 fully saturated rings. The predicted octanol–water partition coefficient (Wildman–Crippen LogP) is 0.0798. The highest BCUT2D eigenvalue weighted by Crippen LogP contribution is 2.14. The Bertz CT molecular complexity index is 222. The van der Waals surface area contributed by atoms with Gasteiger partial charge >= 0.3 is 5.97 Å². The highest BCUT2D eigenvalue weighted by molar-refractivity contribution is 7.99. The van der Waals surface area contributed by atoms with Gasteiger partial charge in [-0.3, -0.25) is 4.79 Å². The van der Waals surface area contributed by atoms with E-state index in [1.54, 1.807) is 0 Å². The molecule has 0 rings (SSSR count). The maximum atomic E-state index is 10.7. The topological polar surface area (TPSA) is 86.6 Å². The molecule has 1 amide bonds. The summed E-state index contributed by atoms with van der Waals surface area (Å²) in [6.45, 7) is 3.29. The van der Waals surface area contributed by atoms with E-state index >= 15 is 0 Å². The highest BCUT2D eigenvalue weighted by atomic mass is 32.2. The van der Waals surface area contributed by atoms with Crippen molar-refractivity contribution in [3.8, 4) is 0 Å². The molecule has 0 spiro atoms. The minimum Gasteiger partial charge on any atom is -0.480 e. The molecule has 2 atom stereocenters. The van der Waals surface area contributed by atoms with Crippen LogP contribution in [0.1, 0.15) is 20.3 Å². The Labute approximate surface area is 93.2 Å². The zero-order valence-electron chi connectivity index (χ0n) is 8.90. The smallest absolute Gasteiger partial charge is 0.327 e. The van der Waals surface area contributed by atoms with E-state index in [1.165, 1.54) is 18.7 Å². The van der Waals surface area contributed by atoms with Crippen molar-refractivity contribution < 1.29 is 19.8 Å². The summed E-state index contributed by atoms with van der Waals surface area (Å²) in [5, 5.41) is 20.0. The molecule has 0 aromatic carbocycles. The number of aliphatic hydroxyl groups is 1. The Kier molecular flexibility index (Phi) is 7.15. The first-order valence-corrected chi connectivity index (χ1v) is 5.74. The summed E-state index contributed by atoms with van der Waals surface area (Å²) in [7, 11) is 0. The van der Waals surface area contributed by atoms with Gasteiger partial charge in [-0.05, 0) is 6.42 Å². The number of hydrogen-bond donors (Lipinski definition) is 3. The van der Waals surface area contributed by atoms with Gasteiger partial charge in [0.25, 0.3) is 0 Å². The van der Waals surface area contributed by atoms with E-state index in [9.17, 15) is 9.59 Å². The van der Waals surface area contributed by atoms with Crippen LogP contribution in [0.5, 0.6) is 0 Å². The first kappa shape index (κ1) is 14.2. The molecule has 0 heterocycles. The lowest BCUT2D eigenvalue weighted by Gasteiger charge is -2.15. The van der Waals surface area contributed by atoms with Crippen molar-refractivity contribution in [3.63, 3.8) is 0 Å². The van der Waals surface area contributed by atoms with Crippen molar-refractivity contribution in [2.24, 2.45) is 0 Å². The Balaban J connectivity index is 3.96. The van der Waals surface area contributed by atoms with E-state index in [-0.39, 0.29) is 17.8 Å². The molecule has 5 nitrogen and oxygen atoms in total. The molecular formula is C9H17NO4S. The number of carboxylic acid groups (broad SMARTS) is 1. The number of amides is 1. The number of carbonyl (C=O) groups excluding carboxylic acids is 1. The number of aliphatic hydroxyl groups excluding tert-OH is 1. The molecule has 0 aromatic rings. The summed E-state index contributed by atoms with van der Waals surface area (Å²) in [5.41, 5.74) is 0. The Morgan fingerprint density at radius 2 is 2.07 bits per heavy atom. The van der Waals surface area contributed by atoms with Crippen LogP contribution in [0, 0.1) is 0 Å². The van der Waals surface area contributed by atoms with E-state index in [0.717, 1.165) is 0 Å². The van der Waals surface area contributed by atoms with Crippen LogP contribution in [-0.2, 0) is 9.59 Å². The van der Waals surface area contributed by atoms with Gasteiger partial charge in [-0.2, -0.15) is 11.8 Å². The minimum atomic E-state index is -1.03. The standard InChI is InChI=1S/C9H17NO4S/c1-6(3-4-11)15-5-8(9(13)14)10-7(2)12/h6,8,11H,3-5H2,1-2H3,(H,10,12)(H,13,14)/t6?,8-/m1/s1. The molecule has 88 valence electrons. The van der Waals surface area contributed by atoms with Crippen molar-refractivity contribution in [1.82, 2.24) is 5.32 Å². The van der Waals surface area contributed by atoms with Crippen molar-refractivity contribution in [1.29, 1.82) is 0 Å². The van der Waals surface area contributed by atoms with Gasteiger partial charge in [-0.1, -0.05) is 6.92 Å². The summed E-state index contributed by atoms with van der Waals surface area (Å²) < 4.78 is 0. The lowest BCUT2D eigenvalue weighted by atomic mass is 10.3. The molecule has 0 radical (unpaired) electrons. The molecule has 0 aliphatic heterocycles. The number of carboxylic acids is 1. The number of thioether (sulfide) groups is 1. The fourth-order valence-corrected chi connectivity index (χ4v) is 1.96. The van der Waals surface area contributed by atoms with Gasteiger partial charge in [0.2, 0.25) is 5.91 Å².